The fourth-order valence-electron chi connectivity index (χ4n) is 2.54. The van der Waals surface area contributed by atoms with Gasteiger partial charge in [0.2, 0.25) is 0 Å². The van der Waals surface area contributed by atoms with E-state index in [4.69, 9.17) is 0 Å². The summed E-state index contributed by atoms with van der Waals surface area (Å²) >= 11 is 2.06. The van der Waals surface area contributed by atoms with Crippen LogP contribution in [0.15, 0.2) is 47.4 Å². The Morgan fingerprint density at radius 3 is 2.50 bits per heavy atom. The average Bonchev–Trinajstić information content (AvgIpc) is 2.81. The normalized spacial score (nSPS) is 33.9. The third-order valence-corrected chi connectivity index (χ3v) is 4.64. The van der Waals surface area contributed by atoms with Crippen molar-refractivity contribution in [1.82, 2.24) is 0 Å². The minimum atomic E-state index is 0.840. The lowest BCUT2D eigenvalue weighted by Gasteiger charge is -2.17. The van der Waals surface area contributed by atoms with Crippen LogP contribution < -0.4 is 0 Å². The summed E-state index contributed by atoms with van der Waals surface area (Å²) in [6.07, 6.45) is 7.63. The van der Waals surface area contributed by atoms with Gasteiger partial charge >= 0.3 is 0 Å². The van der Waals surface area contributed by atoms with Crippen molar-refractivity contribution in [3.05, 3.63) is 42.5 Å². The summed E-state index contributed by atoms with van der Waals surface area (Å²) in [7, 11) is 0. The molecule has 0 spiro atoms. The molecule has 1 saturated carbocycles. The van der Waals surface area contributed by atoms with Crippen molar-refractivity contribution in [2.24, 2.45) is 11.8 Å². The van der Waals surface area contributed by atoms with E-state index in [-0.39, 0.29) is 0 Å². The third kappa shape index (κ3) is 1.50. The average molecular weight is 202 g/mol. The van der Waals surface area contributed by atoms with Crippen LogP contribution >= 0.6 is 11.8 Å². The van der Waals surface area contributed by atoms with E-state index in [0.717, 1.165) is 17.1 Å². The van der Waals surface area contributed by atoms with Crippen molar-refractivity contribution in [2.45, 2.75) is 23.0 Å². The second-order valence-corrected chi connectivity index (χ2v) is 5.56. The molecule has 2 aliphatic rings. The first kappa shape index (κ1) is 8.60. The number of allylic oxidation sites excluding steroid dienone is 2. The Balaban J connectivity index is 1.72. The maximum absolute atomic E-state index is 2.43. The molecule has 3 atom stereocenters. The van der Waals surface area contributed by atoms with Gasteiger partial charge in [-0.1, -0.05) is 30.4 Å². The lowest BCUT2D eigenvalue weighted by Crippen LogP contribution is -2.08. The van der Waals surface area contributed by atoms with Crippen LogP contribution in [0.3, 0.4) is 0 Å². The first-order chi connectivity index (χ1) is 6.92. The van der Waals surface area contributed by atoms with E-state index < -0.39 is 0 Å². The van der Waals surface area contributed by atoms with Gasteiger partial charge in [0, 0.05) is 10.1 Å². The number of hydrogen-bond acceptors (Lipinski definition) is 1. The van der Waals surface area contributed by atoms with Crippen LogP contribution in [0.4, 0.5) is 0 Å². The molecule has 14 heavy (non-hydrogen) atoms. The van der Waals surface area contributed by atoms with Crippen molar-refractivity contribution in [3.8, 4) is 0 Å². The fraction of sp³-hybridized carbons (Fsp3) is 0.385. The zero-order valence-corrected chi connectivity index (χ0v) is 8.91. The Morgan fingerprint density at radius 2 is 1.86 bits per heavy atom. The molecule has 0 nitrogen and oxygen atoms in total. The van der Waals surface area contributed by atoms with Gasteiger partial charge in [-0.05, 0) is 36.8 Å². The van der Waals surface area contributed by atoms with Crippen LogP contribution in [0.2, 0.25) is 0 Å². The van der Waals surface area contributed by atoms with Crippen molar-refractivity contribution >= 4 is 11.8 Å². The highest BCUT2D eigenvalue weighted by Crippen LogP contribution is 2.46. The Morgan fingerprint density at radius 1 is 1.00 bits per heavy atom. The van der Waals surface area contributed by atoms with Gasteiger partial charge in [-0.3, -0.25) is 0 Å². The topological polar surface area (TPSA) is 0 Å². The fourth-order valence-corrected chi connectivity index (χ4v) is 3.92. The first-order valence-corrected chi connectivity index (χ1v) is 6.20. The summed E-state index contributed by atoms with van der Waals surface area (Å²) in [4.78, 5) is 1.43. The zero-order chi connectivity index (χ0) is 9.38. The van der Waals surface area contributed by atoms with E-state index >= 15 is 0 Å². The molecule has 1 aromatic rings. The molecule has 2 bridgehead atoms. The van der Waals surface area contributed by atoms with Crippen LogP contribution in [0, 0.1) is 11.8 Å². The maximum Gasteiger partial charge on any atom is 0.0163 e. The van der Waals surface area contributed by atoms with Crippen LogP contribution in [-0.4, -0.2) is 5.25 Å². The van der Waals surface area contributed by atoms with Gasteiger partial charge in [0.1, 0.15) is 0 Å². The molecule has 0 aromatic heterocycles. The molecule has 3 rings (SSSR count). The number of fused-ring (bicyclic) bond motifs is 2. The molecule has 0 unspecified atom stereocenters. The van der Waals surface area contributed by atoms with E-state index in [9.17, 15) is 0 Å². The SMILES string of the molecule is C1=C[C@@H]2C[C@H]1C[C@H]2Sc1ccccc1. The Bertz CT molecular complexity index is 342. The number of thioether (sulfide) groups is 1. The van der Waals surface area contributed by atoms with E-state index in [1.165, 1.54) is 17.7 Å². The van der Waals surface area contributed by atoms with Crippen molar-refractivity contribution in [1.29, 1.82) is 0 Å². The molecule has 1 heteroatoms. The summed E-state index contributed by atoms with van der Waals surface area (Å²) in [5, 5.41) is 0.840. The Hall–Kier alpha value is -0.690. The predicted molar refractivity (Wildman–Crippen MR) is 61.4 cm³/mol. The molecule has 1 aromatic carbocycles. The lowest BCUT2D eigenvalue weighted by molar-refractivity contribution is 0.692. The third-order valence-electron chi connectivity index (χ3n) is 3.25. The van der Waals surface area contributed by atoms with Gasteiger partial charge in [0.05, 0.1) is 0 Å². The number of hydrogen-bond donors (Lipinski definition) is 0. The molecule has 0 heterocycles. The van der Waals surface area contributed by atoms with E-state index in [1.54, 1.807) is 0 Å². The van der Waals surface area contributed by atoms with Gasteiger partial charge in [-0.15, -0.1) is 11.8 Å². The highest BCUT2D eigenvalue weighted by Gasteiger charge is 2.35. The second-order valence-electron chi connectivity index (χ2n) is 4.25. The standard InChI is InChI=1S/C13H14S/c1-2-4-12(5-3-1)14-13-9-10-6-7-11(13)8-10/h1-7,10-11,13H,8-9H2/t10-,11+,13+/m0/s1. The lowest BCUT2D eigenvalue weighted by atomic mass is 10.1. The summed E-state index contributed by atoms with van der Waals surface area (Å²) in [6, 6.07) is 10.8. The molecule has 72 valence electrons. The Labute approximate surface area is 89.4 Å². The van der Waals surface area contributed by atoms with Gasteiger partial charge in [-0.25, -0.2) is 0 Å². The Kier molecular flexibility index (Phi) is 2.13. The summed E-state index contributed by atoms with van der Waals surface area (Å²) in [6.45, 7) is 0. The van der Waals surface area contributed by atoms with Crippen LogP contribution in [0.25, 0.3) is 0 Å². The largest absolute Gasteiger partial charge is 0.122 e. The first-order valence-electron chi connectivity index (χ1n) is 5.32. The molecule has 0 N–H and O–H groups in total. The van der Waals surface area contributed by atoms with Crippen molar-refractivity contribution in [3.63, 3.8) is 0 Å². The minimum absolute atomic E-state index is 0.840. The predicted octanol–water partition coefficient (Wildman–Crippen LogP) is 3.74. The summed E-state index contributed by atoms with van der Waals surface area (Å²) in [5.74, 6) is 1.74. The highest BCUT2D eigenvalue weighted by atomic mass is 32.2. The number of benzene rings is 1. The molecular formula is C13H14S. The van der Waals surface area contributed by atoms with Crippen LogP contribution in [0.5, 0.6) is 0 Å². The number of rotatable bonds is 2. The van der Waals surface area contributed by atoms with E-state index in [0.29, 0.717) is 0 Å². The van der Waals surface area contributed by atoms with Crippen LogP contribution in [0.1, 0.15) is 12.8 Å². The zero-order valence-electron chi connectivity index (χ0n) is 8.10. The summed E-state index contributed by atoms with van der Waals surface area (Å²) < 4.78 is 0. The molecule has 0 saturated heterocycles. The smallest absolute Gasteiger partial charge is 0.0163 e. The van der Waals surface area contributed by atoms with E-state index in [1.807, 2.05) is 0 Å². The monoisotopic (exact) mass is 202 g/mol. The van der Waals surface area contributed by atoms with Gasteiger partial charge in [-0.2, -0.15) is 0 Å². The molecule has 0 aliphatic heterocycles. The van der Waals surface area contributed by atoms with Crippen molar-refractivity contribution in [2.75, 3.05) is 0 Å². The molecule has 1 fully saturated rings. The maximum atomic E-state index is 2.43. The van der Waals surface area contributed by atoms with Gasteiger partial charge in [0.15, 0.2) is 0 Å². The minimum Gasteiger partial charge on any atom is -0.122 e. The molecular weight excluding hydrogens is 188 g/mol. The van der Waals surface area contributed by atoms with Crippen LogP contribution in [-0.2, 0) is 0 Å². The molecule has 2 aliphatic carbocycles. The van der Waals surface area contributed by atoms with Gasteiger partial charge in [0.25, 0.3) is 0 Å². The van der Waals surface area contributed by atoms with E-state index in [2.05, 4.69) is 54.2 Å². The molecule has 0 radical (unpaired) electrons. The van der Waals surface area contributed by atoms with Crippen molar-refractivity contribution < 1.29 is 0 Å². The second kappa shape index (κ2) is 3.47. The van der Waals surface area contributed by atoms with Gasteiger partial charge < -0.3 is 0 Å². The molecule has 0 amide bonds. The summed E-state index contributed by atoms with van der Waals surface area (Å²) in [5.41, 5.74) is 0. The highest BCUT2D eigenvalue weighted by molar-refractivity contribution is 8.00. The quantitative estimate of drug-likeness (QED) is 0.658.